The lowest BCUT2D eigenvalue weighted by molar-refractivity contribution is 0.570. The highest BCUT2D eigenvalue weighted by molar-refractivity contribution is 5.57. The summed E-state index contributed by atoms with van der Waals surface area (Å²) in [5.74, 6) is 0.651. The van der Waals surface area contributed by atoms with Gasteiger partial charge in [-0.2, -0.15) is 0 Å². The molecule has 0 atom stereocenters. The van der Waals surface area contributed by atoms with Gasteiger partial charge in [0.15, 0.2) is 12.2 Å². The van der Waals surface area contributed by atoms with Gasteiger partial charge in [-0.1, -0.05) is 13.8 Å². The molecule has 0 aliphatic carbocycles. The minimum Gasteiger partial charge on any atom is -0.444 e. The largest absolute Gasteiger partial charge is 0.444 e. The Morgan fingerprint density at radius 1 is 1.33 bits per heavy atom. The minimum atomic E-state index is -0.173. The maximum absolute atomic E-state index is 13.4. The van der Waals surface area contributed by atoms with Crippen molar-refractivity contribution in [3.63, 3.8) is 0 Å². The highest BCUT2D eigenvalue weighted by Gasteiger charge is 2.09. The lowest BCUT2D eigenvalue weighted by Gasteiger charge is -2.08. The molecule has 2 aromatic rings. The predicted molar refractivity (Wildman–Crippen MR) is 56.0 cm³/mol. The molecule has 0 saturated carbocycles. The lowest BCUT2D eigenvalue weighted by Crippen LogP contribution is -1.93. The van der Waals surface area contributed by atoms with Gasteiger partial charge in [0.1, 0.15) is 5.82 Å². The van der Waals surface area contributed by atoms with Crippen LogP contribution in [-0.2, 0) is 0 Å². The summed E-state index contributed by atoms with van der Waals surface area (Å²) in [7, 11) is 0. The highest BCUT2D eigenvalue weighted by atomic mass is 19.1. The molecule has 0 aliphatic heterocycles. The molecular formula is C12H12FNO. The molecule has 0 unspecified atom stereocenters. The van der Waals surface area contributed by atoms with Crippen molar-refractivity contribution in [2.75, 3.05) is 0 Å². The molecule has 0 aliphatic rings. The molecule has 2 rings (SSSR count). The topological polar surface area (TPSA) is 26.0 Å². The fourth-order valence-corrected chi connectivity index (χ4v) is 1.50. The van der Waals surface area contributed by atoms with Crippen molar-refractivity contribution in [3.8, 4) is 11.3 Å². The van der Waals surface area contributed by atoms with Crippen molar-refractivity contribution in [1.82, 2.24) is 4.98 Å². The zero-order valence-corrected chi connectivity index (χ0v) is 8.70. The van der Waals surface area contributed by atoms with E-state index in [2.05, 4.69) is 4.98 Å². The maximum Gasteiger partial charge on any atom is 0.181 e. The fraction of sp³-hybridized carbons (Fsp3) is 0.250. The fourth-order valence-electron chi connectivity index (χ4n) is 1.50. The number of oxazole rings is 1. The summed E-state index contributed by atoms with van der Waals surface area (Å²) in [6, 6.07) is 4.97. The van der Waals surface area contributed by atoms with E-state index >= 15 is 0 Å². The molecule has 0 N–H and O–H groups in total. The highest BCUT2D eigenvalue weighted by Crippen LogP contribution is 2.25. The van der Waals surface area contributed by atoms with E-state index in [9.17, 15) is 4.39 Å². The Kier molecular flexibility index (Phi) is 2.54. The summed E-state index contributed by atoms with van der Waals surface area (Å²) in [5.41, 5.74) is 1.56. The SMILES string of the molecule is CC(C)c1cc(-c2cnco2)ccc1F. The molecule has 0 radical (unpaired) electrons. The van der Waals surface area contributed by atoms with Crippen molar-refractivity contribution in [2.24, 2.45) is 0 Å². The molecule has 1 heterocycles. The Hall–Kier alpha value is -1.64. The average molecular weight is 205 g/mol. The zero-order valence-electron chi connectivity index (χ0n) is 8.70. The van der Waals surface area contributed by atoms with Crippen LogP contribution in [0.3, 0.4) is 0 Å². The van der Waals surface area contributed by atoms with Crippen LogP contribution in [0.15, 0.2) is 35.2 Å². The Morgan fingerprint density at radius 2 is 2.13 bits per heavy atom. The van der Waals surface area contributed by atoms with E-state index in [4.69, 9.17) is 4.42 Å². The Morgan fingerprint density at radius 3 is 2.73 bits per heavy atom. The van der Waals surface area contributed by atoms with Gasteiger partial charge in [0.25, 0.3) is 0 Å². The smallest absolute Gasteiger partial charge is 0.181 e. The number of hydrogen-bond acceptors (Lipinski definition) is 2. The number of halogens is 1. The van der Waals surface area contributed by atoms with E-state index in [-0.39, 0.29) is 11.7 Å². The van der Waals surface area contributed by atoms with Crippen LogP contribution in [0.1, 0.15) is 25.3 Å². The van der Waals surface area contributed by atoms with Crippen molar-refractivity contribution >= 4 is 0 Å². The summed E-state index contributed by atoms with van der Waals surface area (Å²) in [4.78, 5) is 3.84. The first-order valence-corrected chi connectivity index (χ1v) is 4.87. The number of hydrogen-bond donors (Lipinski definition) is 0. The first-order valence-electron chi connectivity index (χ1n) is 4.87. The van der Waals surface area contributed by atoms with E-state index in [0.29, 0.717) is 11.3 Å². The molecule has 78 valence electrons. The Bertz CT molecular complexity index is 449. The monoisotopic (exact) mass is 205 g/mol. The molecular weight excluding hydrogens is 193 g/mol. The molecule has 2 nitrogen and oxygen atoms in total. The molecule has 0 amide bonds. The summed E-state index contributed by atoms with van der Waals surface area (Å²) in [5, 5.41) is 0. The molecule has 0 fully saturated rings. The number of nitrogens with zero attached hydrogens (tertiary/aromatic N) is 1. The standard InChI is InChI=1S/C12H12FNO/c1-8(2)10-5-9(3-4-11(10)13)12-6-14-7-15-12/h3-8H,1-2H3. The van der Waals surface area contributed by atoms with Gasteiger partial charge in [-0.3, -0.25) is 0 Å². The first-order chi connectivity index (χ1) is 7.18. The molecule has 1 aromatic carbocycles. The molecule has 15 heavy (non-hydrogen) atoms. The second-order valence-corrected chi connectivity index (χ2v) is 3.76. The van der Waals surface area contributed by atoms with Gasteiger partial charge >= 0.3 is 0 Å². The average Bonchev–Trinajstić information content (AvgIpc) is 2.71. The van der Waals surface area contributed by atoms with Gasteiger partial charge in [-0.05, 0) is 29.7 Å². The quantitative estimate of drug-likeness (QED) is 0.748. The molecule has 0 saturated heterocycles. The van der Waals surface area contributed by atoms with Crippen LogP contribution in [0, 0.1) is 5.82 Å². The normalized spacial score (nSPS) is 10.9. The van der Waals surface area contributed by atoms with Crippen molar-refractivity contribution in [1.29, 1.82) is 0 Å². The van der Waals surface area contributed by atoms with E-state index in [1.54, 1.807) is 18.3 Å². The second-order valence-electron chi connectivity index (χ2n) is 3.76. The van der Waals surface area contributed by atoms with Crippen LogP contribution in [0.2, 0.25) is 0 Å². The Labute approximate surface area is 87.8 Å². The van der Waals surface area contributed by atoms with Gasteiger partial charge in [0, 0.05) is 5.56 Å². The van der Waals surface area contributed by atoms with Gasteiger partial charge < -0.3 is 4.42 Å². The third-order valence-electron chi connectivity index (χ3n) is 2.33. The summed E-state index contributed by atoms with van der Waals surface area (Å²) < 4.78 is 18.6. The Balaban J connectivity index is 2.48. The van der Waals surface area contributed by atoms with Crippen LogP contribution < -0.4 is 0 Å². The van der Waals surface area contributed by atoms with Crippen LogP contribution >= 0.6 is 0 Å². The van der Waals surface area contributed by atoms with E-state index in [1.165, 1.54) is 12.5 Å². The van der Waals surface area contributed by atoms with E-state index in [1.807, 2.05) is 13.8 Å². The van der Waals surface area contributed by atoms with E-state index in [0.717, 1.165) is 5.56 Å². The lowest BCUT2D eigenvalue weighted by atomic mass is 9.99. The number of aromatic nitrogens is 1. The molecule has 3 heteroatoms. The van der Waals surface area contributed by atoms with Crippen LogP contribution in [0.5, 0.6) is 0 Å². The third-order valence-corrected chi connectivity index (χ3v) is 2.33. The number of benzene rings is 1. The summed E-state index contributed by atoms with van der Waals surface area (Å²) in [6.07, 6.45) is 2.99. The first kappa shape index (κ1) is 9.90. The van der Waals surface area contributed by atoms with Crippen LogP contribution in [-0.4, -0.2) is 4.98 Å². The zero-order chi connectivity index (χ0) is 10.8. The van der Waals surface area contributed by atoms with Gasteiger partial charge in [-0.25, -0.2) is 9.37 Å². The van der Waals surface area contributed by atoms with Crippen molar-refractivity contribution < 1.29 is 8.81 Å². The second kappa shape index (κ2) is 3.85. The van der Waals surface area contributed by atoms with Crippen molar-refractivity contribution in [2.45, 2.75) is 19.8 Å². The molecule has 0 bridgehead atoms. The third kappa shape index (κ3) is 1.91. The van der Waals surface area contributed by atoms with Gasteiger partial charge in [0.05, 0.1) is 6.20 Å². The minimum absolute atomic E-state index is 0.160. The number of rotatable bonds is 2. The molecule has 0 spiro atoms. The molecule has 1 aromatic heterocycles. The van der Waals surface area contributed by atoms with E-state index < -0.39 is 0 Å². The van der Waals surface area contributed by atoms with Crippen molar-refractivity contribution in [3.05, 3.63) is 42.2 Å². The van der Waals surface area contributed by atoms with Crippen LogP contribution in [0.25, 0.3) is 11.3 Å². The predicted octanol–water partition coefficient (Wildman–Crippen LogP) is 3.60. The summed E-state index contributed by atoms with van der Waals surface area (Å²) in [6.45, 7) is 3.92. The van der Waals surface area contributed by atoms with Crippen LogP contribution in [0.4, 0.5) is 4.39 Å². The summed E-state index contributed by atoms with van der Waals surface area (Å²) >= 11 is 0. The van der Waals surface area contributed by atoms with Gasteiger partial charge in [0.2, 0.25) is 0 Å². The maximum atomic E-state index is 13.4. The van der Waals surface area contributed by atoms with Gasteiger partial charge in [-0.15, -0.1) is 0 Å².